The zero-order valence-corrected chi connectivity index (χ0v) is 11.5. The number of morpholine rings is 1. The number of fused-ring (bicyclic) bond motifs is 1. The van der Waals surface area contributed by atoms with E-state index in [0.29, 0.717) is 24.1 Å². The highest BCUT2D eigenvalue weighted by Gasteiger charge is 2.37. The van der Waals surface area contributed by atoms with Crippen molar-refractivity contribution in [3.63, 3.8) is 0 Å². The lowest BCUT2D eigenvalue weighted by atomic mass is 10.1. The summed E-state index contributed by atoms with van der Waals surface area (Å²) in [6, 6.07) is 0.539. The van der Waals surface area contributed by atoms with E-state index in [1.54, 1.807) is 18.0 Å². The van der Waals surface area contributed by atoms with E-state index in [1.807, 2.05) is 7.05 Å². The van der Waals surface area contributed by atoms with E-state index < -0.39 is 6.10 Å². The molecule has 1 N–H and O–H groups in total. The Kier molecular flexibility index (Phi) is 3.47. The number of aromatic nitrogens is 2. The number of aryl methyl sites for hydroxylation is 1. The highest BCUT2D eigenvalue weighted by molar-refractivity contribution is 5.28. The maximum atomic E-state index is 10.6. The van der Waals surface area contributed by atoms with Crippen molar-refractivity contribution in [1.82, 2.24) is 14.7 Å². The van der Waals surface area contributed by atoms with Crippen molar-refractivity contribution < 1.29 is 14.6 Å². The van der Waals surface area contributed by atoms with Crippen molar-refractivity contribution in [3.05, 3.63) is 11.9 Å². The molecular weight excluding hydrogens is 246 g/mol. The molecule has 0 aliphatic carbocycles. The number of nitrogens with zero attached hydrogens (tertiary/aromatic N) is 3. The van der Waals surface area contributed by atoms with Gasteiger partial charge in [0, 0.05) is 19.6 Å². The van der Waals surface area contributed by atoms with Gasteiger partial charge in [-0.15, -0.1) is 0 Å². The van der Waals surface area contributed by atoms with E-state index in [9.17, 15) is 5.11 Å². The van der Waals surface area contributed by atoms with E-state index in [4.69, 9.17) is 9.47 Å². The zero-order chi connectivity index (χ0) is 13.4. The van der Waals surface area contributed by atoms with Crippen LogP contribution in [0.3, 0.4) is 0 Å². The van der Waals surface area contributed by atoms with E-state index >= 15 is 0 Å². The lowest BCUT2D eigenvalue weighted by Crippen LogP contribution is -2.48. The Hall–Kier alpha value is -1.11. The summed E-state index contributed by atoms with van der Waals surface area (Å²) in [6.45, 7) is 2.60. The number of rotatable bonds is 3. The molecule has 0 spiro atoms. The summed E-state index contributed by atoms with van der Waals surface area (Å²) in [4.78, 5) is 2.42. The molecule has 0 saturated carbocycles. The van der Waals surface area contributed by atoms with Crippen molar-refractivity contribution in [2.24, 2.45) is 7.05 Å². The molecular formula is C13H21N3O3. The third-order valence-electron chi connectivity index (χ3n) is 4.22. The Labute approximate surface area is 112 Å². The van der Waals surface area contributed by atoms with E-state index in [0.717, 1.165) is 13.1 Å². The Morgan fingerprint density at radius 1 is 1.58 bits per heavy atom. The van der Waals surface area contributed by atoms with Gasteiger partial charge < -0.3 is 14.6 Å². The van der Waals surface area contributed by atoms with Gasteiger partial charge in [0.25, 0.3) is 0 Å². The Morgan fingerprint density at radius 3 is 3.21 bits per heavy atom. The van der Waals surface area contributed by atoms with Crippen molar-refractivity contribution in [3.8, 4) is 5.75 Å². The van der Waals surface area contributed by atoms with Gasteiger partial charge in [-0.25, -0.2) is 0 Å². The molecule has 3 atom stereocenters. The minimum Gasteiger partial charge on any atom is -0.493 e. The predicted octanol–water partition coefficient (Wildman–Crippen LogP) is 0.325. The quantitative estimate of drug-likeness (QED) is 0.855. The smallest absolute Gasteiger partial charge is 0.162 e. The van der Waals surface area contributed by atoms with Crippen LogP contribution in [0.25, 0.3) is 0 Å². The van der Waals surface area contributed by atoms with Gasteiger partial charge in [-0.2, -0.15) is 5.10 Å². The fraction of sp³-hybridized carbons (Fsp3) is 0.769. The number of hydrogen-bond donors (Lipinski definition) is 1. The monoisotopic (exact) mass is 267 g/mol. The number of aliphatic hydroxyl groups excluding tert-OH is 1. The Morgan fingerprint density at radius 2 is 2.42 bits per heavy atom. The van der Waals surface area contributed by atoms with Gasteiger partial charge in [0.1, 0.15) is 17.9 Å². The van der Waals surface area contributed by atoms with Crippen LogP contribution in [0.5, 0.6) is 5.75 Å². The lowest BCUT2D eigenvalue weighted by Gasteiger charge is -2.37. The van der Waals surface area contributed by atoms with Crippen LogP contribution in [-0.4, -0.2) is 58.7 Å². The molecule has 2 aliphatic rings. The number of aliphatic hydroxyl groups is 1. The van der Waals surface area contributed by atoms with Crippen LogP contribution in [0.4, 0.5) is 0 Å². The molecule has 0 amide bonds. The van der Waals surface area contributed by atoms with Gasteiger partial charge in [0.05, 0.1) is 19.9 Å². The predicted molar refractivity (Wildman–Crippen MR) is 69.1 cm³/mol. The number of hydrogen-bond acceptors (Lipinski definition) is 5. The van der Waals surface area contributed by atoms with Crippen LogP contribution in [0.1, 0.15) is 24.6 Å². The van der Waals surface area contributed by atoms with Crippen molar-refractivity contribution in [2.75, 3.05) is 26.8 Å². The molecule has 1 aromatic heterocycles. The van der Waals surface area contributed by atoms with Gasteiger partial charge in [0.2, 0.25) is 0 Å². The second-order valence-electron chi connectivity index (χ2n) is 5.33. The van der Waals surface area contributed by atoms with Gasteiger partial charge in [-0.05, 0) is 19.4 Å². The second-order valence-corrected chi connectivity index (χ2v) is 5.33. The highest BCUT2D eigenvalue weighted by Crippen LogP contribution is 2.32. The Balaban J connectivity index is 1.76. The molecule has 2 fully saturated rings. The number of methoxy groups -OCH3 is 1. The summed E-state index contributed by atoms with van der Waals surface area (Å²) < 4.78 is 12.8. The van der Waals surface area contributed by atoms with Gasteiger partial charge >= 0.3 is 0 Å². The van der Waals surface area contributed by atoms with Crippen molar-refractivity contribution in [1.29, 1.82) is 0 Å². The standard InChI is InChI=1S/C13H21N3O3/c1-15-12(10(18-2)6-14-15)13(17)11-7-16-5-3-4-9(16)8-19-11/h6,9,11,13,17H,3-5,7-8H2,1-2H3. The van der Waals surface area contributed by atoms with E-state index in [1.165, 1.54) is 12.8 Å². The van der Waals surface area contributed by atoms with Crippen LogP contribution < -0.4 is 4.74 Å². The lowest BCUT2D eigenvalue weighted by molar-refractivity contribution is -0.106. The average molecular weight is 267 g/mol. The molecule has 1 aromatic rings. The van der Waals surface area contributed by atoms with Crippen LogP contribution in [-0.2, 0) is 11.8 Å². The van der Waals surface area contributed by atoms with Crippen LogP contribution in [0.15, 0.2) is 6.20 Å². The normalized spacial score (nSPS) is 29.2. The summed E-state index contributed by atoms with van der Waals surface area (Å²) in [5, 5.41) is 14.7. The molecule has 19 heavy (non-hydrogen) atoms. The van der Waals surface area contributed by atoms with Gasteiger partial charge in [-0.1, -0.05) is 0 Å². The fourth-order valence-corrected chi connectivity index (χ4v) is 3.13. The zero-order valence-electron chi connectivity index (χ0n) is 11.5. The molecule has 6 nitrogen and oxygen atoms in total. The molecule has 2 aliphatic heterocycles. The summed E-state index contributed by atoms with van der Waals surface area (Å²) in [5.41, 5.74) is 0.685. The molecule has 3 unspecified atom stereocenters. The summed E-state index contributed by atoms with van der Waals surface area (Å²) >= 11 is 0. The minimum absolute atomic E-state index is 0.210. The van der Waals surface area contributed by atoms with Crippen LogP contribution >= 0.6 is 0 Å². The largest absolute Gasteiger partial charge is 0.493 e. The molecule has 3 heterocycles. The molecule has 3 rings (SSSR count). The number of ether oxygens (including phenoxy) is 2. The third kappa shape index (κ3) is 2.24. The van der Waals surface area contributed by atoms with Gasteiger partial charge in [0.15, 0.2) is 5.75 Å². The SMILES string of the molecule is COc1cnn(C)c1C(O)C1CN2CCCC2CO1. The minimum atomic E-state index is -0.705. The van der Waals surface area contributed by atoms with E-state index in [-0.39, 0.29) is 6.10 Å². The topological polar surface area (TPSA) is 59.8 Å². The molecule has 2 saturated heterocycles. The first-order valence-electron chi connectivity index (χ1n) is 6.80. The Bertz CT molecular complexity index is 448. The maximum absolute atomic E-state index is 10.6. The third-order valence-corrected chi connectivity index (χ3v) is 4.22. The maximum Gasteiger partial charge on any atom is 0.162 e. The summed E-state index contributed by atoms with van der Waals surface area (Å²) in [5.74, 6) is 0.613. The molecule has 0 aromatic carbocycles. The molecule has 0 bridgehead atoms. The molecule has 6 heteroatoms. The first-order valence-corrected chi connectivity index (χ1v) is 6.80. The van der Waals surface area contributed by atoms with Crippen molar-refractivity contribution in [2.45, 2.75) is 31.1 Å². The average Bonchev–Trinajstić information content (AvgIpc) is 3.02. The van der Waals surface area contributed by atoms with Crippen LogP contribution in [0.2, 0.25) is 0 Å². The van der Waals surface area contributed by atoms with E-state index in [2.05, 4.69) is 10.00 Å². The fourth-order valence-electron chi connectivity index (χ4n) is 3.13. The first kappa shape index (κ1) is 12.9. The van der Waals surface area contributed by atoms with Crippen molar-refractivity contribution >= 4 is 0 Å². The molecule has 106 valence electrons. The summed E-state index contributed by atoms with van der Waals surface area (Å²) in [6.07, 6.45) is 3.15. The first-order chi connectivity index (χ1) is 9.20. The summed E-state index contributed by atoms with van der Waals surface area (Å²) in [7, 11) is 3.40. The van der Waals surface area contributed by atoms with Gasteiger partial charge in [-0.3, -0.25) is 9.58 Å². The molecule has 0 radical (unpaired) electrons. The highest BCUT2D eigenvalue weighted by atomic mass is 16.5. The van der Waals surface area contributed by atoms with Crippen LogP contribution in [0, 0.1) is 0 Å². The second kappa shape index (κ2) is 5.11.